The average Bonchev–Trinajstić information content (AvgIpc) is 2.76. The number of carbonyl (C=O) groups excluding carboxylic acids is 1. The van der Waals surface area contributed by atoms with Crippen LogP contribution in [0.25, 0.3) is 5.57 Å². The second-order valence-electron chi connectivity index (χ2n) is 8.56. The van der Waals surface area contributed by atoms with E-state index in [1.54, 1.807) is 12.0 Å². The van der Waals surface area contributed by atoms with Gasteiger partial charge in [0.15, 0.2) is 0 Å². The number of methoxy groups -OCH3 is 1. The molecule has 5 rings (SSSR count). The second kappa shape index (κ2) is 7.84. The van der Waals surface area contributed by atoms with E-state index in [0.29, 0.717) is 13.1 Å². The van der Waals surface area contributed by atoms with Gasteiger partial charge in [0, 0.05) is 51.0 Å². The monoisotopic (exact) mass is 397 g/mol. The van der Waals surface area contributed by atoms with Crippen LogP contribution >= 0.6 is 0 Å². The lowest BCUT2D eigenvalue weighted by Crippen LogP contribution is -2.63. The Morgan fingerprint density at radius 2 is 2.21 bits per heavy atom. The van der Waals surface area contributed by atoms with Gasteiger partial charge in [0.05, 0.1) is 19.1 Å². The number of benzene rings is 1. The second-order valence-corrected chi connectivity index (χ2v) is 8.56. The van der Waals surface area contributed by atoms with Crippen molar-refractivity contribution in [1.29, 1.82) is 0 Å². The van der Waals surface area contributed by atoms with Crippen LogP contribution < -0.4 is 10.1 Å². The summed E-state index contributed by atoms with van der Waals surface area (Å²) in [5.41, 5.74) is 2.95. The van der Waals surface area contributed by atoms with E-state index in [0.717, 1.165) is 35.5 Å². The molecule has 0 saturated carbocycles. The van der Waals surface area contributed by atoms with Gasteiger partial charge in [0.1, 0.15) is 5.75 Å². The van der Waals surface area contributed by atoms with Crippen LogP contribution in [0.5, 0.6) is 5.75 Å². The third-order valence-electron chi connectivity index (χ3n) is 6.82. The Morgan fingerprint density at radius 1 is 1.41 bits per heavy atom. The third kappa shape index (κ3) is 3.45. The molecule has 0 spiro atoms. The topological polar surface area (TPSA) is 65.0 Å². The minimum absolute atomic E-state index is 0.00538. The van der Waals surface area contributed by atoms with E-state index in [2.05, 4.69) is 22.9 Å². The summed E-state index contributed by atoms with van der Waals surface area (Å²) in [5.74, 6) is 1.43. The molecule has 156 valence electrons. The maximum Gasteiger partial charge on any atom is 0.226 e. The number of aliphatic hydroxyl groups is 1. The zero-order valence-electron chi connectivity index (χ0n) is 17.5. The van der Waals surface area contributed by atoms with Crippen molar-refractivity contribution in [3.05, 3.63) is 42.5 Å². The molecule has 2 N–H and O–H groups in total. The average molecular weight is 398 g/mol. The smallest absolute Gasteiger partial charge is 0.226 e. The van der Waals surface area contributed by atoms with Crippen molar-refractivity contribution >= 4 is 17.2 Å². The highest BCUT2D eigenvalue weighted by atomic mass is 16.5. The van der Waals surface area contributed by atoms with Crippen molar-refractivity contribution in [1.82, 2.24) is 9.80 Å². The Bertz CT molecular complexity index is 835. The van der Waals surface area contributed by atoms with Gasteiger partial charge >= 0.3 is 0 Å². The molecule has 6 nitrogen and oxygen atoms in total. The summed E-state index contributed by atoms with van der Waals surface area (Å²) in [6.07, 6.45) is 4.25. The molecule has 4 aliphatic heterocycles. The van der Waals surface area contributed by atoms with Gasteiger partial charge in [-0.05, 0) is 42.0 Å². The maximum atomic E-state index is 12.7. The van der Waals surface area contributed by atoms with Crippen LogP contribution in [-0.2, 0) is 4.79 Å². The molecule has 4 aliphatic rings. The molecule has 0 aliphatic carbocycles. The van der Waals surface area contributed by atoms with Crippen molar-refractivity contribution in [2.75, 3.05) is 46.2 Å². The molecule has 4 heterocycles. The van der Waals surface area contributed by atoms with E-state index in [1.807, 2.05) is 38.4 Å². The molecule has 1 aromatic carbocycles. The number of piperidine rings is 3. The van der Waals surface area contributed by atoms with E-state index in [1.165, 1.54) is 0 Å². The predicted octanol–water partition coefficient (Wildman–Crippen LogP) is 2.08. The summed E-state index contributed by atoms with van der Waals surface area (Å²) in [4.78, 5) is 16.7. The standard InChI is InChI=1S/C23H31N3O3/c1-5-14-12-26-13-19(23(28)25(2)3)17(14)11-21(26)22(27)16-8-9-24-20-7-6-15(29-4)10-18(16)20/h5-8,10,14,17,19,21-22,24,27H,1,9,11-13H2,2-4H3/t14-,17-,19?,21+,22-/m0/s1. The first-order valence-corrected chi connectivity index (χ1v) is 10.3. The fourth-order valence-electron chi connectivity index (χ4n) is 5.29. The first-order valence-electron chi connectivity index (χ1n) is 10.3. The van der Waals surface area contributed by atoms with E-state index in [4.69, 9.17) is 4.74 Å². The number of carbonyl (C=O) groups is 1. The molecular formula is C23H31N3O3. The summed E-state index contributed by atoms with van der Waals surface area (Å²) >= 11 is 0. The molecule has 2 bridgehead atoms. The van der Waals surface area contributed by atoms with Gasteiger partial charge in [-0.2, -0.15) is 0 Å². The number of aliphatic hydroxyl groups excluding tert-OH is 1. The number of hydrogen-bond donors (Lipinski definition) is 2. The summed E-state index contributed by atoms with van der Waals surface area (Å²) in [6, 6.07) is 5.92. The van der Waals surface area contributed by atoms with E-state index >= 15 is 0 Å². The van der Waals surface area contributed by atoms with Crippen molar-refractivity contribution < 1.29 is 14.6 Å². The van der Waals surface area contributed by atoms with Gasteiger partial charge < -0.3 is 20.1 Å². The summed E-state index contributed by atoms with van der Waals surface area (Å²) in [5, 5.41) is 14.8. The quantitative estimate of drug-likeness (QED) is 0.745. The zero-order chi connectivity index (χ0) is 20.7. The highest BCUT2D eigenvalue weighted by Crippen LogP contribution is 2.44. The Balaban J connectivity index is 1.60. The number of rotatable bonds is 5. The molecule has 6 atom stereocenters. The number of ether oxygens (including phenoxy) is 1. The number of amides is 1. The van der Waals surface area contributed by atoms with Crippen molar-refractivity contribution in [2.45, 2.75) is 18.6 Å². The minimum atomic E-state index is -0.605. The first-order chi connectivity index (χ1) is 13.9. The molecule has 1 amide bonds. The lowest BCUT2D eigenvalue weighted by molar-refractivity contribution is -0.145. The van der Waals surface area contributed by atoms with Crippen LogP contribution in [0.15, 0.2) is 36.9 Å². The molecule has 0 radical (unpaired) electrons. The Labute approximate surface area is 172 Å². The third-order valence-corrected chi connectivity index (χ3v) is 6.82. The number of anilines is 1. The number of nitrogens with zero attached hydrogens (tertiary/aromatic N) is 2. The Hall–Kier alpha value is -2.31. The van der Waals surface area contributed by atoms with Crippen LogP contribution in [0.1, 0.15) is 12.0 Å². The van der Waals surface area contributed by atoms with Crippen LogP contribution in [0.4, 0.5) is 5.69 Å². The normalized spacial score (nSPS) is 31.2. The lowest BCUT2D eigenvalue weighted by Gasteiger charge is -2.54. The van der Waals surface area contributed by atoms with Crippen molar-refractivity contribution in [2.24, 2.45) is 17.8 Å². The van der Waals surface area contributed by atoms with Crippen LogP contribution in [0.3, 0.4) is 0 Å². The van der Waals surface area contributed by atoms with Gasteiger partial charge in [-0.3, -0.25) is 9.69 Å². The number of fused-ring (bicyclic) bond motifs is 4. The summed E-state index contributed by atoms with van der Waals surface area (Å²) in [7, 11) is 5.29. The molecule has 3 fully saturated rings. The molecule has 1 aromatic rings. The van der Waals surface area contributed by atoms with E-state index < -0.39 is 6.10 Å². The van der Waals surface area contributed by atoms with Crippen LogP contribution in [0, 0.1) is 17.8 Å². The van der Waals surface area contributed by atoms with E-state index in [9.17, 15) is 9.90 Å². The van der Waals surface area contributed by atoms with Crippen LogP contribution in [-0.4, -0.2) is 73.8 Å². The molecule has 0 aromatic heterocycles. The van der Waals surface area contributed by atoms with Gasteiger partial charge in [-0.25, -0.2) is 0 Å². The van der Waals surface area contributed by atoms with Gasteiger partial charge in [0.2, 0.25) is 5.91 Å². The fourth-order valence-corrected chi connectivity index (χ4v) is 5.29. The van der Waals surface area contributed by atoms with Crippen molar-refractivity contribution in [3.8, 4) is 5.75 Å². The van der Waals surface area contributed by atoms with Gasteiger partial charge in [-0.1, -0.05) is 12.2 Å². The number of nitrogens with one attached hydrogen (secondary N) is 1. The predicted molar refractivity (Wildman–Crippen MR) is 115 cm³/mol. The van der Waals surface area contributed by atoms with Crippen molar-refractivity contribution in [3.63, 3.8) is 0 Å². The number of hydrogen-bond acceptors (Lipinski definition) is 5. The largest absolute Gasteiger partial charge is 0.497 e. The first kappa shape index (κ1) is 20.0. The zero-order valence-corrected chi connectivity index (χ0v) is 17.5. The highest BCUT2D eigenvalue weighted by Gasteiger charge is 2.50. The summed E-state index contributed by atoms with van der Waals surface area (Å²) in [6.45, 7) is 6.25. The molecular weight excluding hydrogens is 366 g/mol. The molecule has 3 saturated heterocycles. The minimum Gasteiger partial charge on any atom is -0.497 e. The lowest BCUT2D eigenvalue weighted by atomic mass is 9.67. The van der Waals surface area contributed by atoms with E-state index in [-0.39, 0.29) is 29.7 Å². The maximum absolute atomic E-state index is 12.7. The van der Waals surface area contributed by atoms with Gasteiger partial charge in [0.25, 0.3) is 0 Å². The molecule has 2 unspecified atom stereocenters. The Kier molecular flexibility index (Phi) is 5.40. The molecule has 6 heteroatoms. The SMILES string of the molecule is C=C[C@H]1CN2CC(C(=O)N(C)C)[C@H]1C[C@@H]2[C@@H](O)C1=CCNc2ccc(OC)cc21. The Morgan fingerprint density at radius 3 is 2.86 bits per heavy atom. The highest BCUT2D eigenvalue weighted by molar-refractivity contribution is 5.83. The fraction of sp³-hybridized carbons (Fsp3) is 0.522. The summed E-state index contributed by atoms with van der Waals surface area (Å²) < 4.78 is 5.39. The van der Waals surface area contributed by atoms with Crippen LogP contribution in [0.2, 0.25) is 0 Å². The van der Waals surface area contributed by atoms with Gasteiger partial charge in [-0.15, -0.1) is 6.58 Å². The molecule has 29 heavy (non-hydrogen) atoms.